The van der Waals surface area contributed by atoms with Gasteiger partial charge in [0.05, 0.1) is 0 Å². The average Bonchev–Trinajstić information content (AvgIpc) is 2.16. The van der Waals surface area contributed by atoms with Crippen LogP contribution in [0.3, 0.4) is 0 Å². The molecule has 1 rings (SSSR count). The zero-order valence-corrected chi connectivity index (χ0v) is 10.8. The zero-order chi connectivity index (χ0) is 10.7. The summed E-state index contributed by atoms with van der Waals surface area (Å²) in [7, 11) is 0. The molecule has 1 saturated carbocycles. The van der Waals surface area contributed by atoms with Crippen LogP contribution in [0.1, 0.15) is 53.4 Å². The third-order valence-electron chi connectivity index (χ3n) is 3.78. The van der Waals surface area contributed by atoms with Gasteiger partial charge in [-0.15, -0.1) is 11.6 Å². The van der Waals surface area contributed by atoms with Crippen LogP contribution >= 0.6 is 11.6 Å². The highest BCUT2D eigenvalue weighted by molar-refractivity contribution is 6.21. The van der Waals surface area contributed by atoms with E-state index in [1.807, 2.05) is 0 Å². The second-order valence-corrected chi connectivity index (χ2v) is 6.05. The summed E-state index contributed by atoms with van der Waals surface area (Å²) in [4.78, 5) is 0. The number of rotatable bonds is 3. The van der Waals surface area contributed by atoms with Gasteiger partial charge in [-0.25, -0.2) is 0 Å². The summed E-state index contributed by atoms with van der Waals surface area (Å²) in [5.74, 6) is 3.07. The van der Waals surface area contributed by atoms with Crippen LogP contribution in [0.15, 0.2) is 0 Å². The first-order chi connectivity index (χ1) is 6.54. The normalized spacial score (nSPS) is 31.1. The van der Waals surface area contributed by atoms with Crippen molar-refractivity contribution >= 4 is 11.6 Å². The minimum absolute atomic E-state index is 0.391. The Labute approximate surface area is 94.4 Å². The van der Waals surface area contributed by atoms with E-state index in [4.69, 9.17) is 11.6 Å². The van der Waals surface area contributed by atoms with E-state index in [0.717, 1.165) is 17.8 Å². The fourth-order valence-corrected chi connectivity index (χ4v) is 3.22. The number of alkyl halides is 1. The minimum Gasteiger partial charge on any atom is -0.122 e. The van der Waals surface area contributed by atoms with Crippen LogP contribution in [0.2, 0.25) is 0 Å². The Balaban J connectivity index is 2.62. The van der Waals surface area contributed by atoms with E-state index < -0.39 is 0 Å². The van der Waals surface area contributed by atoms with Gasteiger partial charge in [-0.05, 0) is 36.5 Å². The van der Waals surface area contributed by atoms with Crippen molar-refractivity contribution in [2.45, 2.75) is 58.8 Å². The average molecular weight is 217 g/mol. The summed E-state index contributed by atoms with van der Waals surface area (Å²) in [6, 6.07) is 0. The lowest BCUT2D eigenvalue weighted by molar-refractivity contribution is 0.160. The number of hydrogen-bond donors (Lipinski definition) is 0. The maximum Gasteiger partial charge on any atom is 0.0389 e. The summed E-state index contributed by atoms with van der Waals surface area (Å²) in [6.07, 6.45) is 5.57. The van der Waals surface area contributed by atoms with Crippen molar-refractivity contribution in [3.8, 4) is 0 Å². The maximum absolute atomic E-state index is 6.53. The molecule has 0 aromatic rings. The van der Waals surface area contributed by atoms with Crippen LogP contribution < -0.4 is 0 Å². The van der Waals surface area contributed by atoms with Crippen LogP contribution in [0.25, 0.3) is 0 Å². The van der Waals surface area contributed by atoms with Gasteiger partial charge >= 0.3 is 0 Å². The Hall–Kier alpha value is 0.290. The lowest BCUT2D eigenvalue weighted by Crippen LogP contribution is -2.33. The molecule has 1 aliphatic carbocycles. The molecule has 0 heterocycles. The second-order valence-electron chi connectivity index (χ2n) is 5.54. The van der Waals surface area contributed by atoms with E-state index in [1.165, 1.54) is 25.7 Å². The van der Waals surface area contributed by atoms with Crippen LogP contribution in [0.4, 0.5) is 0 Å². The largest absolute Gasteiger partial charge is 0.122 e. The molecule has 0 amide bonds. The van der Waals surface area contributed by atoms with Crippen molar-refractivity contribution in [3.63, 3.8) is 0 Å². The molecule has 0 nitrogen and oxygen atoms in total. The zero-order valence-electron chi connectivity index (χ0n) is 10.1. The molecule has 0 saturated heterocycles. The fraction of sp³-hybridized carbons (Fsp3) is 1.00. The molecule has 3 unspecified atom stereocenters. The van der Waals surface area contributed by atoms with Crippen molar-refractivity contribution in [2.75, 3.05) is 0 Å². The fourth-order valence-electron chi connectivity index (χ4n) is 2.91. The Morgan fingerprint density at radius 3 is 1.86 bits per heavy atom. The summed E-state index contributed by atoms with van der Waals surface area (Å²) in [5.41, 5.74) is 0. The number of hydrogen-bond acceptors (Lipinski definition) is 0. The maximum atomic E-state index is 6.53. The molecule has 14 heavy (non-hydrogen) atoms. The summed E-state index contributed by atoms with van der Waals surface area (Å²) in [5, 5.41) is 0.391. The lowest BCUT2D eigenvalue weighted by Gasteiger charge is -2.38. The van der Waals surface area contributed by atoms with Gasteiger partial charge in [0.15, 0.2) is 0 Å². The Bertz CT molecular complexity index is 163. The minimum atomic E-state index is 0.391. The van der Waals surface area contributed by atoms with Gasteiger partial charge in [-0.1, -0.05) is 40.5 Å². The predicted molar refractivity (Wildman–Crippen MR) is 64.8 cm³/mol. The van der Waals surface area contributed by atoms with Gasteiger partial charge in [0.1, 0.15) is 0 Å². The predicted octanol–water partition coefficient (Wildman–Crippen LogP) is 4.71. The van der Waals surface area contributed by atoms with Crippen molar-refractivity contribution < 1.29 is 0 Å². The molecule has 0 N–H and O–H groups in total. The molecule has 1 fully saturated rings. The monoisotopic (exact) mass is 216 g/mol. The molecule has 0 aliphatic heterocycles. The van der Waals surface area contributed by atoms with Crippen LogP contribution in [-0.4, -0.2) is 5.38 Å². The highest BCUT2D eigenvalue weighted by Gasteiger charge is 2.33. The van der Waals surface area contributed by atoms with Crippen LogP contribution in [0.5, 0.6) is 0 Å². The summed E-state index contributed by atoms with van der Waals surface area (Å²) in [6.45, 7) is 9.22. The van der Waals surface area contributed by atoms with Gasteiger partial charge < -0.3 is 0 Å². The Morgan fingerprint density at radius 2 is 1.43 bits per heavy atom. The summed E-state index contributed by atoms with van der Waals surface area (Å²) >= 11 is 6.53. The van der Waals surface area contributed by atoms with Gasteiger partial charge in [-0.3, -0.25) is 0 Å². The lowest BCUT2D eigenvalue weighted by atomic mass is 9.70. The van der Waals surface area contributed by atoms with Gasteiger partial charge in [0.2, 0.25) is 0 Å². The van der Waals surface area contributed by atoms with E-state index >= 15 is 0 Å². The van der Waals surface area contributed by atoms with E-state index in [1.54, 1.807) is 0 Å². The molecule has 0 spiro atoms. The van der Waals surface area contributed by atoms with E-state index in [9.17, 15) is 0 Å². The quantitative estimate of drug-likeness (QED) is 0.600. The molecule has 0 aromatic heterocycles. The van der Waals surface area contributed by atoms with Crippen LogP contribution in [0, 0.1) is 23.7 Å². The van der Waals surface area contributed by atoms with E-state index in [0.29, 0.717) is 11.3 Å². The summed E-state index contributed by atoms with van der Waals surface area (Å²) < 4.78 is 0. The van der Waals surface area contributed by atoms with Gasteiger partial charge in [0, 0.05) is 5.38 Å². The van der Waals surface area contributed by atoms with Gasteiger partial charge in [0.25, 0.3) is 0 Å². The molecule has 84 valence electrons. The first-order valence-electron chi connectivity index (χ1n) is 6.18. The second kappa shape index (κ2) is 5.39. The SMILES string of the molecule is CC(C)C(Cl)C1CCCCC1C(C)C. The van der Waals surface area contributed by atoms with Crippen molar-refractivity contribution in [1.82, 2.24) is 0 Å². The van der Waals surface area contributed by atoms with E-state index in [2.05, 4.69) is 27.7 Å². The molecule has 1 heteroatoms. The van der Waals surface area contributed by atoms with Crippen molar-refractivity contribution in [2.24, 2.45) is 23.7 Å². The third kappa shape index (κ3) is 2.89. The molecule has 3 atom stereocenters. The molecule has 0 radical (unpaired) electrons. The van der Waals surface area contributed by atoms with Crippen LogP contribution in [-0.2, 0) is 0 Å². The topological polar surface area (TPSA) is 0 Å². The van der Waals surface area contributed by atoms with E-state index in [-0.39, 0.29) is 0 Å². The molecule has 0 aromatic carbocycles. The molecule has 0 bridgehead atoms. The molecular formula is C13H25Cl. The Kier molecular flexibility index (Phi) is 4.76. The first kappa shape index (κ1) is 12.4. The Morgan fingerprint density at radius 1 is 0.929 bits per heavy atom. The third-order valence-corrected chi connectivity index (χ3v) is 4.60. The van der Waals surface area contributed by atoms with Crippen molar-refractivity contribution in [1.29, 1.82) is 0 Å². The van der Waals surface area contributed by atoms with Crippen molar-refractivity contribution in [3.05, 3.63) is 0 Å². The standard InChI is InChI=1S/C13H25Cl/c1-9(2)11-7-5-6-8-12(11)13(14)10(3)4/h9-13H,5-8H2,1-4H3. The molecule has 1 aliphatic rings. The number of halogens is 1. The highest BCUT2D eigenvalue weighted by Crippen LogP contribution is 2.40. The molecular weight excluding hydrogens is 192 g/mol. The smallest absolute Gasteiger partial charge is 0.0389 e. The van der Waals surface area contributed by atoms with Gasteiger partial charge in [-0.2, -0.15) is 0 Å². The first-order valence-corrected chi connectivity index (χ1v) is 6.61. The highest BCUT2D eigenvalue weighted by atomic mass is 35.5.